The Hall–Kier alpha value is -0.440. The minimum atomic E-state index is -0.394. The molecule has 3 heteroatoms. The summed E-state index contributed by atoms with van der Waals surface area (Å²) in [5.41, 5.74) is 0.402. The van der Waals surface area contributed by atoms with Gasteiger partial charge in [-0.3, -0.25) is 0 Å². The van der Waals surface area contributed by atoms with Crippen molar-refractivity contribution in [2.45, 2.75) is 25.1 Å². The number of halogens is 3. The molecule has 0 spiro atoms. The Morgan fingerprint density at radius 3 is 2.57 bits per heavy atom. The molecule has 1 rings (SSSR count). The maximum absolute atomic E-state index is 13.3. The average Bonchev–Trinajstić information content (AvgIpc) is 2.19. The Balaban J connectivity index is 2.99. The molecule has 0 saturated carbocycles. The van der Waals surface area contributed by atoms with Crippen molar-refractivity contribution < 1.29 is 8.78 Å². The lowest BCUT2D eigenvalue weighted by Gasteiger charge is -2.17. The standard InChI is InChI=1S/C11H13BrF2/c1-3-7(2)11(12)9-6-8(13)4-5-10(9)14/h4-7,11H,3H2,1-2H3. The van der Waals surface area contributed by atoms with Gasteiger partial charge in [0.2, 0.25) is 0 Å². The lowest BCUT2D eigenvalue weighted by Crippen LogP contribution is -2.04. The second-order valence-corrected chi connectivity index (χ2v) is 4.44. The first-order valence-corrected chi connectivity index (χ1v) is 5.56. The van der Waals surface area contributed by atoms with Crippen molar-refractivity contribution in [3.05, 3.63) is 35.4 Å². The van der Waals surface area contributed by atoms with Crippen molar-refractivity contribution >= 4 is 15.9 Å². The number of rotatable bonds is 3. The van der Waals surface area contributed by atoms with Gasteiger partial charge in [-0.1, -0.05) is 36.2 Å². The molecule has 14 heavy (non-hydrogen) atoms. The van der Waals surface area contributed by atoms with Crippen molar-refractivity contribution in [1.29, 1.82) is 0 Å². The predicted octanol–water partition coefficient (Wildman–Crippen LogP) is 4.45. The summed E-state index contributed by atoms with van der Waals surface area (Å²) in [6.07, 6.45) is 0.922. The normalized spacial score (nSPS) is 15.2. The minimum Gasteiger partial charge on any atom is -0.207 e. The topological polar surface area (TPSA) is 0 Å². The molecule has 0 aliphatic heterocycles. The van der Waals surface area contributed by atoms with Crippen LogP contribution in [0.1, 0.15) is 30.7 Å². The van der Waals surface area contributed by atoms with E-state index in [1.54, 1.807) is 0 Å². The van der Waals surface area contributed by atoms with Crippen LogP contribution < -0.4 is 0 Å². The third-order valence-electron chi connectivity index (χ3n) is 2.40. The van der Waals surface area contributed by atoms with Crippen molar-refractivity contribution in [3.63, 3.8) is 0 Å². The van der Waals surface area contributed by atoms with Crippen LogP contribution in [0.5, 0.6) is 0 Å². The molecule has 1 aromatic rings. The van der Waals surface area contributed by atoms with Gasteiger partial charge in [-0.2, -0.15) is 0 Å². The third-order valence-corrected chi connectivity index (χ3v) is 3.79. The van der Waals surface area contributed by atoms with Crippen LogP contribution in [-0.2, 0) is 0 Å². The van der Waals surface area contributed by atoms with E-state index in [2.05, 4.69) is 15.9 Å². The van der Waals surface area contributed by atoms with Crippen LogP contribution in [0.2, 0.25) is 0 Å². The Bertz CT molecular complexity index is 312. The van der Waals surface area contributed by atoms with E-state index in [-0.39, 0.29) is 16.6 Å². The van der Waals surface area contributed by atoms with Crippen LogP contribution in [0.25, 0.3) is 0 Å². The summed E-state index contributed by atoms with van der Waals surface area (Å²) in [7, 11) is 0. The SMILES string of the molecule is CCC(C)C(Br)c1cc(F)ccc1F. The quantitative estimate of drug-likeness (QED) is 0.707. The molecule has 0 bridgehead atoms. The lowest BCUT2D eigenvalue weighted by molar-refractivity contribution is 0.520. The molecule has 0 aromatic heterocycles. The highest BCUT2D eigenvalue weighted by molar-refractivity contribution is 9.09. The van der Waals surface area contributed by atoms with Gasteiger partial charge in [-0.15, -0.1) is 0 Å². The smallest absolute Gasteiger partial charge is 0.127 e. The van der Waals surface area contributed by atoms with Gasteiger partial charge in [-0.05, 0) is 24.1 Å². The van der Waals surface area contributed by atoms with Crippen LogP contribution in [0.3, 0.4) is 0 Å². The second kappa shape index (κ2) is 4.87. The van der Waals surface area contributed by atoms with Gasteiger partial charge in [0, 0.05) is 10.4 Å². The summed E-state index contributed by atoms with van der Waals surface area (Å²) < 4.78 is 26.2. The van der Waals surface area contributed by atoms with Gasteiger partial charge in [-0.25, -0.2) is 8.78 Å². The number of hydrogen-bond donors (Lipinski definition) is 0. The predicted molar refractivity (Wildman–Crippen MR) is 57.5 cm³/mol. The van der Waals surface area contributed by atoms with E-state index in [0.717, 1.165) is 12.5 Å². The molecule has 78 valence electrons. The third kappa shape index (κ3) is 2.53. The molecular weight excluding hydrogens is 250 g/mol. The Labute approximate surface area is 91.5 Å². The summed E-state index contributed by atoms with van der Waals surface area (Å²) in [6.45, 7) is 4.03. The van der Waals surface area contributed by atoms with Crippen LogP contribution in [-0.4, -0.2) is 0 Å². The maximum Gasteiger partial charge on any atom is 0.127 e. The fourth-order valence-electron chi connectivity index (χ4n) is 1.24. The fourth-order valence-corrected chi connectivity index (χ4v) is 1.96. The van der Waals surface area contributed by atoms with Gasteiger partial charge < -0.3 is 0 Å². The molecule has 1 aromatic carbocycles. The van der Waals surface area contributed by atoms with E-state index in [4.69, 9.17) is 0 Å². The fraction of sp³-hybridized carbons (Fsp3) is 0.455. The summed E-state index contributed by atoms with van der Waals surface area (Å²) in [5.74, 6) is -0.464. The van der Waals surface area contributed by atoms with Gasteiger partial charge in [0.1, 0.15) is 11.6 Å². The van der Waals surface area contributed by atoms with E-state index in [9.17, 15) is 8.78 Å². The molecule has 0 saturated heterocycles. The first-order chi connectivity index (χ1) is 6.56. The summed E-state index contributed by atoms with van der Waals surface area (Å²) in [4.78, 5) is -0.122. The van der Waals surface area contributed by atoms with Gasteiger partial charge in [0.05, 0.1) is 0 Å². The van der Waals surface area contributed by atoms with Crippen molar-refractivity contribution in [1.82, 2.24) is 0 Å². The molecule has 0 heterocycles. The highest BCUT2D eigenvalue weighted by Gasteiger charge is 2.18. The molecule has 0 N–H and O–H groups in total. The molecule has 2 atom stereocenters. The van der Waals surface area contributed by atoms with E-state index < -0.39 is 5.82 Å². The molecule has 0 fully saturated rings. The molecule has 0 nitrogen and oxygen atoms in total. The van der Waals surface area contributed by atoms with Gasteiger partial charge in [0.25, 0.3) is 0 Å². The molecular formula is C11H13BrF2. The Morgan fingerprint density at radius 2 is 2.00 bits per heavy atom. The molecule has 0 amide bonds. The lowest BCUT2D eigenvalue weighted by atomic mass is 9.98. The maximum atomic E-state index is 13.3. The highest BCUT2D eigenvalue weighted by atomic mass is 79.9. The van der Waals surface area contributed by atoms with Crippen LogP contribution in [0.4, 0.5) is 8.78 Å². The number of benzene rings is 1. The van der Waals surface area contributed by atoms with Crippen LogP contribution in [0, 0.1) is 17.6 Å². The van der Waals surface area contributed by atoms with E-state index in [0.29, 0.717) is 5.56 Å². The van der Waals surface area contributed by atoms with Crippen molar-refractivity contribution in [2.24, 2.45) is 5.92 Å². The zero-order chi connectivity index (χ0) is 10.7. The van der Waals surface area contributed by atoms with Crippen molar-refractivity contribution in [3.8, 4) is 0 Å². The van der Waals surface area contributed by atoms with Crippen LogP contribution >= 0.6 is 15.9 Å². The monoisotopic (exact) mass is 262 g/mol. The summed E-state index contributed by atoms with van der Waals surface area (Å²) >= 11 is 3.39. The molecule has 0 radical (unpaired) electrons. The average molecular weight is 263 g/mol. The van der Waals surface area contributed by atoms with E-state index >= 15 is 0 Å². The minimum absolute atomic E-state index is 0.122. The Morgan fingerprint density at radius 1 is 1.36 bits per heavy atom. The first kappa shape index (κ1) is 11.6. The second-order valence-electron chi connectivity index (χ2n) is 3.45. The number of alkyl halides is 1. The summed E-state index contributed by atoms with van der Waals surface area (Å²) in [5, 5.41) is 0. The summed E-state index contributed by atoms with van der Waals surface area (Å²) in [6, 6.07) is 3.55. The zero-order valence-electron chi connectivity index (χ0n) is 8.23. The van der Waals surface area contributed by atoms with E-state index in [1.807, 2.05) is 13.8 Å². The first-order valence-electron chi connectivity index (χ1n) is 4.65. The number of hydrogen-bond acceptors (Lipinski definition) is 0. The highest BCUT2D eigenvalue weighted by Crippen LogP contribution is 2.34. The van der Waals surface area contributed by atoms with Gasteiger partial charge in [0.15, 0.2) is 0 Å². The van der Waals surface area contributed by atoms with E-state index in [1.165, 1.54) is 12.1 Å². The van der Waals surface area contributed by atoms with Gasteiger partial charge >= 0.3 is 0 Å². The Kier molecular flexibility index (Phi) is 4.05. The van der Waals surface area contributed by atoms with Crippen molar-refractivity contribution in [2.75, 3.05) is 0 Å². The van der Waals surface area contributed by atoms with Crippen LogP contribution in [0.15, 0.2) is 18.2 Å². The molecule has 0 aliphatic rings. The zero-order valence-corrected chi connectivity index (χ0v) is 9.81. The molecule has 0 aliphatic carbocycles. The molecule has 2 unspecified atom stereocenters. The largest absolute Gasteiger partial charge is 0.207 e.